The summed E-state index contributed by atoms with van der Waals surface area (Å²) < 4.78 is 16.0. The number of carbonyl (C=O) groups excluding carboxylic acids is 1. The van der Waals surface area contributed by atoms with Crippen LogP contribution in [0.25, 0.3) is 21.8 Å². The van der Waals surface area contributed by atoms with Crippen molar-refractivity contribution in [1.29, 1.82) is 0 Å². The maximum absolute atomic E-state index is 12.9. The maximum atomic E-state index is 12.9. The summed E-state index contributed by atoms with van der Waals surface area (Å²) in [6, 6.07) is 14.6. The number of thiazole rings is 1. The number of carbonyl (C=O) groups is 1. The zero-order valence-corrected chi connectivity index (χ0v) is 18.6. The normalized spacial score (nSPS) is 10.5. The number of pyridine rings is 1. The summed E-state index contributed by atoms with van der Waals surface area (Å²) in [6.45, 7) is 0. The highest BCUT2D eigenvalue weighted by atomic mass is 32.1. The molecular weight excluding hydrogens is 426 g/mol. The standard InChI is InChI=1S/C24H21N3O4S/c1-29-20-12-17(13-21(30-2)22(20)31-3)23(28)26-18-6-4-5-16(11-18)19-14-32-24(27-19)15-7-9-25-10-8-15/h4-14H,1-3H3,(H,26,28). The summed E-state index contributed by atoms with van der Waals surface area (Å²) in [6.07, 6.45) is 3.49. The van der Waals surface area contributed by atoms with Crippen molar-refractivity contribution in [3.63, 3.8) is 0 Å². The SMILES string of the molecule is COc1cc(C(=O)Nc2cccc(-c3csc(-c4ccncc4)n3)c2)cc(OC)c1OC. The van der Waals surface area contributed by atoms with Crippen LogP contribution in [0.5, 0.6) is 17.2 Å². The minimum absolute atomic E-state index is 0.294. The Labute approximate surface area is 189 Å². The van der Waals surface area contributed by atoms with Gasteiger partial charge in [-0.25, -0.2) is 4.98 Å². The molecule has 0 aliphatic heterocycles. The average molecular weight is 448 g/mol. The van der Waals surface area contributed by atoms with Crippen molar-refractivity contribution in [2.45, 2.75) is 0 Å². The molecule has 4 rings (SSSR count). The first-order valence-corrected chi connectivity index (χ1v) is 10.6. The van der Waals surface area contributed by atoms with E-state index in [1.807, 2.05) is 41.8 Å². The number of benzene rings is 2. The Kier molecular flexibility index (Phi) is 6.32. The van der Waals surface area contributed by atoms with Crippen LogP contribution in [0.1, 0.15) is 10.4 Å². The van der Waals surface area contributed by atoms with Gasteiger partial charge in [-0.1, -0.05) is 12.1 Å². The maximum Gasteiger partial charge on any atom is 0.255 e. The van der Waals surface area contributed by atoms with E-state index >= 15 is 0 Å². The second kappa shape index (κ2) is 9.49. The number of nitrogens with one attached hydrogen (secondary N) is 1. The van der Waals surface area contributed by atoms with E-state index in [0.29, 0.717) is 28.5 Å². The molecule has 0 atom stereocenters. The van der Waals surface area contributed by atoms with Gasteiger partial charge in [0, 0.05) is 40.2 Å². The van der Waals surface area contributed by atoms with E-state index in [1.54, 1.807) is 35.9 Å². The summed E-state index contributed by atoms with van der Waals surface area (Å²) in [7, 11) is 4.54. The Morgan fingerprint density at radius 2 is 1.62 bits per heavy atom. The number of aromatic nitrogens is 2. The molecule has 2 aromatic carbocycles. The lowest BCUT2D eigenvalue weighted by atomic mass is 10.1. The summed E-state index contributed by atoms with van der Waals surface area (Å²) in [5, 5.41) is 5.83. The van der Waals surface area contributed by atoms with Gasteiger partial charge in [0.25, 0.3) is 5.91 Å². The fourth-order valence-electron chi connectivity index (χ4n) is 3.21. The minimum Gasteiger partial charge on any atom is -0.493 e. The number of ether oxygens (including phenoxy) is 3. The van der Waals surface area contributed by atoms with E-state index < -0.39 is 0 Å². The van der Waals surface area contributed by atoms with Crippen LogP contribution in [-0.2, 0) is 0 Å². The predicted molar refractivity (Wildman–Crippen MR) is 125 cm³/mol. The van der Waals surface area contributed by atoms with Crippen LogP contribution in [0.2, 0.25) is 0 Å². The average Bonchev–Trinajstić information content (AvgIpc) is 3.34. The smallest absolute Gasteiger partial charge is 0.255 e. The van der Waals surface area contributed by atoms with Crippen LogP contribution in [0.3, 0.4) is 0 Å². The third-order valence-corrected chi connectivity index (χ3v) is 5.67. The van der Waals surface area contributed by atoms with Gasteiger partial charge in [-0.05, 0) is 36.4 Å². The van der Waals surface area contributed by atoms with Crippen LogP contribution in [0.15, 0.2) is 66.3 Å². The van der Waals surface area contributed by atoms with Gasteiger partial charge in [0.2, 0.25) is 5.75 Å². The molecule has 7 nitrogen and oxygen atoms in total. The van der Waals surface area contributed by atoms with Gasteiger partial charge in [0.1, 0.15) is 5.01 Å². The van der Waals surface area contributed by atoms with Crippen LogP contribution in [-0.4, -0.2) is 37.2 Å². The monoisotopic (exact) mass is 447 g/mol. The van der Waals surface area contributed by atoms with Crippen LogP contribution < -0.4 is 19.5 Å². The molecule has 0 aliphatic carbocycles. The van der Waals surface area contributed by atoms with Crippen molar-refractivity contribution in [1.82, 2.24) is 9.97 Å². The molecule has 2 heterocycles. The number of methoxy groups -OCH3 is 3. The number of amides is 1. The Bertz CT molecular complexity index is 1220. The molecule has 0 unspecified atom stereocenters. The molecule has 8 heteroatoms. The first-order valence-electron chi connectivity index (χ1n) is 9.70. The molecule has 2 aromatic heterocycles. The molecule has 162 valence electrons. The lowest BCUT2D eigenvalue weighted by molar-refractivity contribution is 0.102. The van der Waals surface area contributed by atoms with Crippen molar-refractivity contribution in [3.05, 3.63) is 71.9 Å². The van der Waals surface area contributed by atoms with Crippen molar-refractivity contribution in [2.75, 3.05) is 26.6 Å². The van der Waals surface area contributed by atoms with E-state index in [2.05, 4.69) is 10.3 Å². The molecule has 32 heavy (non-hydrogen) atoms. The minimum atomic E-state index is -0.294. The van der Waals surface area contributed by atoms with Crippen LogP contribution >= 0.6 is 11.3 Å². The lowest BCUT2D eigenvalue weighted by Gasteiger charge is -2.14. The van der Waals surface area contributed by atoms with Crippen molar-refractivity contribution >= 4 is 22.9 Å². The molecule has 1 amide bonds. The van der Waals surface area contributed by atoms with E-state index in [0.717, 1.165) is 21.8 Å². The Hall–Kier alpha value is -3.91. The first kappa shape index (κ1) is 21.3. The number of hydrogen-bond acceptors (Lipinski definition) is 7. The zero-order valence-electron chi connectivity index (χ0n) is 17.8. The van der Waals surface area contributed by atoms with E-state index in [1.165, 1.54) is 21.3 Å². The lowest BCUT2D eigenvalue weighted by Crippen LogP contribution is -2.12. The highest BCUT2D eigenvalue weighted by molar-refractivity contribution is 7.13. The molecule has 0 aliphatic rings. The van der Waals surface area contributed by atoms with Gasteiger partial charge in [-0.15, -0.1) is 11.3 Å². The quantitative estimate of drug-likeness (QED) is 0.422. The molecule has 0 saturated heterocycles. The largest absolute Gasteiger partial charge is 0.493 e. The fraction of sp³-hybridized carbons (Fsp3) is 0.125. The second-order valence-corrected chi connectivity index (χ2v) is 7.58. The topological polar surface area (TPSA) is 82.6 Å². The molecule has 0 fully saturated rings. The number of rotatable bonds is 7. The molecular formula is C24H21N3O4S. The predicted octanol–water partition coefficient (Wildman–Crippen LogP) is 5.15. The van der Waals surface area contributed by atoms with Gasteiger partial charge in [0.05, 0.1) is 27.0 Å². The Morgan fingerprint density at radius 3 is 2.28 bits per heavy atom. The van der Waals surface area contributed by atoms with Gasteiger partial charge in [-0.2, -0.15) is 0 Å². The molecule has 4 aromatic rings. The first-order chi connectivity index (χ1) is 15.6. The van der Waals surface area contributed by atoms with Crippen molar-refractivity contribution < 1.29 is 19.0 Å². The van der Waals surface area contributed by atoms with Crippen molar-refractivity contribution in [2.24, 2.45) is 0 Å². The molecule has 0 spiro atoms. The fourth-order valence-corrected chi connectivity index (χ4v) is 4.04. The van der Waals surface area contributed by atoms with Gasteiger partial charge in [0.15, 0.2) is 11.5 Å². The number of hydrogen-bond donors (Lipinski definition) is 1. The highest BCUT2D eigenvalue weighted by Crippen LogP contribution is 2.38. The molecule has 1 N–H and O–H groups in total. The van der Waals surface area contributed by atoms with Crippen molar-refractivity contribution in [3.8, 4) is 39.1 Å². The van der Waals surface area contributed by atoms with Crippen LogP contribution in [0.4, 0.5) is 5.69 Å². The molecule has 0 bridgehead atoms. The third kappa shape index (κ3) is 4.40. The summed E-state index contributed by atoms with van der Waals surface area (Å²) in [5.41, 5.74) is 3.80. The van der Waals surface area contributed by atoms with E-state index in [-0.39, 0.29) is 5.91 Å². The van der Waals surface area contributed by atoms with E-state index in [4.69, 9.17) is 19.2 Å². The number of nitrogens with zero attached hydrogens (tertiary/aromatic N) is 2. The Balaban J connectivity index is 1.57. The second-order valence-electron chi connectivity index (χ2n) is 6.72. The summed E-state index contributed by atoms with van der Waals surface area (Å²) >= 11 is 1.56. The van der Waals surface area contributed by atoms with E-state index in [9.17, 15) is 4.79 Å². The van der Waals surface area contributed by atoms with Gasteiger partial charge >= 0.3 is 0 Å². The van der Waals surface area contributed by atoms with Gasteiger partial charge < -0.3 is 19.5 Å². The van der Waals surface area contributed by atoms with Gasteiger partial charge in [-0.3, -0.25) is 9.78 Å². The molecule has 0 saturated carbocycles. The zero-order chi connectivity index (χ0) is 22.5. The third-order valence-electron chi connectivity index (χ3n) is 4.77. The summed E-state index contributed by atoms with van der Waals surface area (Å²) in [4.78, 5) is 21.7. The Morgan fingerprint density at radius 1 is 0.906 bits per heavy atom. The summed E-state index contributed by atoms with van der Waals surface area (Å²) in [5.74, 6) is 0.966. The molecule has 0 radical (unpaired) electrons. The highest BCUT2D eigenvalue weighted by Gasteiger charge is 2.17. The van der Waals surface area contributed by atoms with Crippen LogP contribution in [0, 0.1) is 0 Å². The number of anilines is 1.